The van der Waals surface area contributed by atoms with E-state index in [1.807, 2.05) is 30.3 Å². The summed E-state index contributed by atoms with van der Waals surface area (Å²) in [6.07, 6.45) is 0. The van der Waals surface area contributed by atoms with Crippen LogP contribution in [0.5, 0.6) is 5.75 Å². The average molecular weight is 259 g/mol. The predicted molar refractivity (Wildman–Crippen MR) is 69.6 cm³/mol. The van der Waals surface area contributed by atoms with Gasteiger partial charge in [0.05, 0.1) is 6.54 Å². The zero-order chi connectivity index (χ0) is 14.0. The highest BCUT2D eigenvalue weighted by atomic mass is 16.4. The Kier molecular flexibility index (Phi) is 3.37. The van der Waals surface area contributed by atoms with Gasteiger partial charge in [-0.25, -0.2) is 4.79 Å². The van der Waals surface area contributed by atoms with E-state index >= 15 is 0 Å². The lowest BCUT2D eigenvalue weighted by atomic mass is 10.1. The molecule has 5 nitrogen and oxygen atoms in total. The van der Waals surface area contributed by atoms with Gasteiger partial charge in [-0.05, 0) is 12.5 Å². The van der Waals surface area contributed by atoms with Crippen LogP contribution in [0.2, 0.25) is 0 Å². The van der Waals surface area contributed by atoms with Crippen LogP contribution in [0.25, 0.3) is 0 Å². The van der Waals surface area contributed by atoms with Gasteiger partial charge in [0.2, 0.25) is 0 Å². The molecule has 0 unspecified atom stereocenters. The van der Waals surface area contributed by atoms with Crippen LogP contribution in [0, 0.1) is 6.92 Å². The highest BCUT2D eigenvalue weighted by Gasteiger charge is 2.17. The molecule has 5 heteroatoms. The van der Waals surface area contributed by atoms with E-state index in [1.165, 1.54) is 11.5 Å². The molecule has 2 rings (SSSR count). The number of nitrogens with zero attached hydrogens (tertiary/aromatic N) is 1. The number of carboxylic acids is 1. The van der Waals surface area contributed by atoms with Crippen molar-refractivity contribution in [2.75, 3.05) is 0 Å². The second kappa shape index (κ2) is 4.97. The zero-order valence-corrected chi connectivity index (χ0v) is 10.3. The first-order chi connectivity index (χ1) is 9.00. The summed E-state index contributed by atoms with van der Waals surface area (Å²) in [7, 11) is 0. The van der Waals surface area contributed by atoms with Crippen molar-refractivity contribution in [3.8, 4) is 5.75 Å². The molecular formula is C14H13NO4. The summed E-state index contributed by atoms with van der Waals surface area (Å²) < 4.78 is 1.33. The largest absolute Gasteiger partial charge is 0.507 e. The molecule has 0 amide bonds. The van der Waals surface area contributed by atoms with Gasteiger partial charge in [0.25, 0.3) is 5.56 Å². The van der Waals surface area contributed by atoms with Crippen molar-refractivity contribution in [3.05, 3.63) is 63.6 Å². The molecule has 98 valence electrons. The van der Waals surface area contributed by atoms with Crippen LogP contribution in [0.1, 0.15) is 21.6 Å². The van der Waals surface area contributed by atoms with Crippen LogP contribution in [0.3, 0.4) is 0 Å². The lowest BCUT2D eigenvalue weighted by Gasteiger charge is -2.13. The fourth-order valence-electron chi connectivity index (χ4n) is 1.98. The van der Waals surface area contributed by atoms with E-state index in [4.69, 9.17) is 5.11 Å². The molecule has 19 heavy (non-hydrogen) atoms. The predicted octanol–water partition coefficient (Wildman–Crippen LogP) is 1.61. The van der Waals surface area contributed by atoms with Gasteiger partial charge < -0.3 is 14.8 Å². The number of benzene rings is 1. The first-order valence-electron chi connectivity index (χ1n) is 5.71. The van der Waals surface area contributed by atoms with Crippen LogP contribution in [-0.4, -0.2) is 20.7 Å². The van der Waals surface area contributed by atoms with E-state index in [9.17, 15) is 14.7 Å². The maximum Gasteiger partial charge on any atom is 0.341 e. The van der Waals surface area contributed by atoms with E-state index in [2.05, 4.69) is 0 Å². The Morgan fingerprint density at radius 3 is 2.47 bits per heavy atom. The van der Waals surface area contributed by atoms with E-state index in [0.717, 1.165) is 11.6 Å². The molecule has 0 bridgehead atoms. The Balaban J connectivity index is 2.55. The van der Waals surface area contributed by atoms with Gasteiger partial charge in [-0.1, -0.05) is 30.3 Å². The fourth-order valence-corrected chi connectivity index (χ4v) is 1.98. The highest BCUT2D eigenvalue weighted by Crippen LogP contribution is 2.18. The molecular weight excluding hydrogens is 246 g/mol. The maximum atomic E-state index is 11.9. The van der Waals surface area contributed by atoms with Gasteiger partial charge in [-0.2, -0.15) is 0 Å². The normalized spacial score (nSPS) is 10.4. The molecule has 2 N–H and O–H groups in total. The van der Waals surface area contributed by atoms with Gasteiger partial charge in [0.1, 0.15) is 11.3 Å². The summed E-state index contributed by atoms with van der Waals surface area (Å²) in [5.41, 5.74) is 0.454. The van der Waals surface area contributed by atoms with Crippen LogP contribution >= 0.6 is 0 Å². The van der Waals surface area contributed by atoms with E-state index in [1.54, 1.807) is 0 Å². The molecule has 1 heterocycles. The molecule has 0 saturated carbocycles. The summed E-state index contributed by atoms with van der Waals surface area (Å²) in [4.78, 5) is 22.9. The fraction of sp³-hybridized carbons (Fsp3) is 0.143. The van der Waals surface area contributed by atoms with E-state index in [0.29, 0.717) is 0 Å². The second-order valence-electron chi connectivity index (χ2n) is 4.21. The zero-order valence-electron chi connectivity index (χ0n) is 10.3. The van der Waals surface area contributed by atoms with Crippen molar-refractivity contribution in [1.29, 1.82) is 0 Å². The monoisotopic (exact) mass is 259 g/mol. The first-order valence-corrected chi connectivity index (χ1v) is 5.71. The third kappa shape index (κ3) is 2.49. The van der Waals surface area contributed by atoms with Gasteiger partial charge in [-0.15, -0.1) is 0 Å². The van der Waals surface area contributed by atoms with Gasteiger partial charge in [-0.3, -0.25) is 4.79 Å². The molecule has 0 spiro atoms. The number of aromatic hydroxyl groups is 1. The quantitative estimate of drug-likeness (QED) is 0.877. The molecule has 0 aliphatic carbocycles. The Hall–Kier alpha value is -2.56. The molecule has 0 aliphatic rings. The van der Waals surface area contributed by atoms with Crippen molar-refractivity contribution in [3.63, 3.8) is 0 Å². The highest BCUT2D eigenvalue weighted by molar-refractivity contribution is 5.91. The summed E-state index contributed by atoms with van der Waals surface area (Å²) in [5.74, 6) is -1.75. The SMILES string of the molecule is Cc1c(C(=O)O)c(O)cc(=O)n1Cc1ccccc1. The van der Waals surface area contributed by atoms with Crippen molar-refractivity contribution in [2.45, 2.75) is 13.5 Å². The van der Waals surface area contributed by atoms with Crippen molar-refractivity contribution in [2.24, 2.45) is 0 Å². The van der Waals surface area contributed by atoms with E-state index in [-0.39, 0.29) is 17.8 Å². The Morgan fingerprint density at radius 1 is 1.26 bits per heavy atom. The minimum absolute atomic E-state index is 0.237. The molecule has 0 saturated heterocycles. The molecule has 0 fully saturated rings. The number of hydrogen-bond donors (Lipinski definition) is 2. The Labute approximate surface area is 109 Å². The smallest absolute Gasteiger partial charge is 0.341 e. The molecule has 1 aromatic heterocycles. The third-order valence-electron chi connectivity index (χ3n) is 2.95. The summed E-state index contributed by atoms with van der Waals surface area (Å²) in [6, 6.07) is 10.2. The topological polar surface area (TPSA) is 79.5 Å². The van der Waals surface area contributed by atoms with Gasteiger partial charge in [0.15, 0.2) is 0 Å². The van der Waals surface area contributed by atoms with Crippen molar-refractivity contribution < 1.29 is 15.0 Å². The number of carboxylic acid groups (broad SMARTS) is 1. The number of hydrogen-bond acceptors (Lipinski definition) is 3. The third-order valence-corrected chi connectivity index (χ3v) is 2.95. The Morgan fingerprint density at radius 2 is 1.89 bits per heavy atom. The van der Waals surface area contributed by atoms with Crippen molar-refractivity contribution >= 4 is 5.97 Å². The lowest BCUT2D eigenvalue weighted by Crippen LogP contribution is -2.24. The van der Waals surface area contributed by atoms with Gasteiger partial charge >= 0.3 is 5.97 Å². The summed E-state index contributed by atoms with van der Waals surface area (Å²) >= 11 is 0. The molecule has 1 aromatic carbocycles. The van der Waals surface area contributed by atoms with E-state index < -0.39 is 17.3 Å². The molecule has 2 aromatic rings. The number of rotatable bonds is 3. The standard InChI is InChI=1S/C14H13NO4/c1-9-13(14(18)19)11(16)7-12(17)15(9)8-10-5-3-2-4-6-10/h2-7,16H,8H2,1H3,(H,18,19). The Bertz CT molecular complexity index is 674. The van der Waals surface area contributed by atoms with Crippen molar-refractivity contribution in [1.82, 2.24) is 4.57 Å². The number of carbonyl (C=O) groups is 1. The average Bonchev–Trinajstić information content (AvgIpc) is 2.35. The van der Waals surface area contributed by atoms with Crippen LogP contribution < -0.4 is 5.56 Å². The maximum absolute atomic E-state index is 11.9. The second-order valence-corrected chi connectivity index (χ2v) is 4.21. The van der Waals surface area contributed by atoms with Crippen LogP contribution in [0.4, 0.5) is 0 Å². The molecule has 0 atom stereocenters. The van der Waals surface area contributed by atoms with Crippen LogP contribution in [-0.2, 0) is 6.54 Å². The minimum atomic E-state index is -1.25. The summed E-state index contributed by atoms with van der Waals surface area (Å²) in [5, 5.41) is 18.6. The lowest BCUT2D eigenvalue weighted by molar-refractivity contribution is 0.0691. The van der Waals surface area contributed by atoms with Crippen LogP contribution in [0.15, 0.2) is 41.2 Å². The number of pyridine rings is 1. The molecule has 0 radical (unpaired) electrons. The molecule has 0 aliphatic heterocycles. The number of aromatic nitrogens is 1. The minimum Gasteiger partial charge on any atom is -0.507 e. The summed E-state index contributed by atoms with van der Waals surface area (Å²) in [6.45, 7) is 1.78. The number of aromatic carboxylic acids is 1. The first kappa shape index (κ1) is 12.9. The van der Waals surface area contributed by atoms with Gasteiger partial charge in [0, 0.05) is 11.8 Å².